The Labute approximate surface area is 126 Å². The van der Waals surface area contributed by atoms with Crippen molar-refractivity contribution in [2.45, 2.75) is 63.3 Å². The molecule has 4 fully saturated rings. The van der Waals surface area contributed by atoms with Crippen molar-refractivity contribution in [3.05, 3.63) is 11.6 Å². The first-order valence-corrected chi connectivity index (χ1v) is 8.79. The predicted molar refractivity (Wildman–Crippen MR) is 78.8 cm³/mol. The first-order chi connectivity index (χ1) is 10.3. The van der Waals surface area contributed by atoms with E-state index in [1.54, 1.807) is 0 Å². The number of fused-ring (bicyclic) bond motifs is 1. The van der Waals surface area contributed by atoms with Gasteiger partial charge in [-0.15, -0.1) is 10.2 Å². The van der Waals surface area contributed by atoms with Gasteiger partial charge < -0.3 is 9.67 Å². The largest absolute Gasteiger partial charge is 0.396 e. The van der Waals surface area contributed by atoms with E-state index >= 15 is 0 Å². The Bertz CT molecular complexity index is 529. The van der Waals surface area contributed by atoms with Crippen molar-refractivity contribution in [2.24, 2.45) is 23.7 Å². The molecule has 4 heteroatoms. The monoisotopic (exact) mass is 287 g/mol. The molecule has 0 saturated heterocycles. The second kappa shape index (κ2) is 4.31. The summed E-state index contributed by atoms with van der Waals surface area (Å²) in [7, 11) is 0. The Morgan fingerprint density at radius 2 is 1.71 bits per heavy atom. The van der Waals surface area contributed by atoms with E-state index < -0.39 is 0 Å². The second-order valence-corrected chi connectivity index (χ2v) is 8.34. The highest BCUT2D eigenvalue weighted by Crippen LogP contribution is 2.60. The molecule has 0 amide bonds. The van der Waals surface area contributed by atoms with Crippen LogP contribution in [-0.2, 0) is 18.4 Å². The average molecular weight is 287 g/mol. The highest BCUT2D eigenvalue weighted by atomic mass is 16.3. The van der Waals surface area contributed by atoms with Crippen LogP contribution in [0.15, 0.2) is 0 Å². The van der Waals surface area contributed by atoms with E-state index in [1.807, 2.05) is 0 Å². The maximum Gasteiger partial charge on any atom is 0.139 e. The van der Waals surface area contributed by atoms with Crippen molar-refractivity contribution < 1.29 is 5.11 Å². The van der Waals surface area contributed by atoms with Crippen LogP contribution in [0, 0.1) is 23.7 Å². The minimum atomic E-state index is 0.304. The summed E-state index contributed by atoms with van der Waals surface area (Å²) in [5.41, 5.74) is 0.331. The zero-order valence-electron chi connectivity index (χ0n) is 12.7. The van der Waals surface area contributed by atoms with E-state index in [0.29, 0.717) is 17.9 Å². The molecule has 4 bridgehead atoms. The fourth-order valence-corrected chi connectivity index (χ4v) is 6.32. The molecule has 1 aliphatic heterocycles. The van der Waals surface area contributed by atoms with E-state index in [1.165, 1.54) is 50.2 Å². The minimum Gasteiger partial charge on any atom is -0.396 e. The molecule has 1 aromatic heterocycles. The van der Waals surface area contributed by atoms with Gasteiger partial charge in [-0.05, 0) is 62.7 Å². The van der Waals surface area contributed by atoms with Crippen LogP contribution in [0.3, 0.4) is 0 Å². The van der Waals surface area contributed by atoms with Crippen LogP contribution in [0.1, 0.15) is 56.6 Å². The van der Waals surface area contributed by atoms with Crippen LogP contribution in [0.5, 0.6) is 0 Å². The Morgan fingerprint density at radius 3 is 2.33 bits per heavy atom. The molecule has 6 rings (SSSR count). The predicted octanol–water partition coefficient (Wildman–Crippen LogP) is 2.30. The third kappa shape index (κ3) is 1.77. The van der Waals surface area contributed by atoms with Crippen molar-refractivity contribution in [2.75, 3.05) is 6.61 Å². The van der Waals surface area contributed by atoms with Gasteiger partial charge in [0.25, 0.3) is 0 Å². The molecule has 1 aromatic rings. The van der Waals surface area contributed by atoms with Gasteiger partial charge in [0.15, 0.2) is 0 Å². The Kier molecular flexibility index (Phi) is 2.59. The summed E-state index contributed by atoms with van der Waals surface area (Å²) in [5.74, 6) is 5.70. The zero-order chi connectivity index (χ0) is 14.0. The van der Waals surface area contributed by atoms with E-state index in [0.717, 1.165) is 37.1 Å². The first kappa shape index (κ1) is 12.6. The standard InChI is InChI=1S/C17H25N3O/c21-10-11-1-2-15-18-19-16(20(15)9-11)17-6-12-3-13(7-17)5-14(4-12)8-17/h11-14,21H,1-10H2. The molecule has 0 spiro atoms. The topological polar surface area (TPSA) is 50.9 Å². The second-order valence-electron chi connectivity index (χ2n) is 8.34. The van der Waals surface area contributed by atoms with E-state index in [4.69, 9.17) is 0 Å². The van der Waals surface area contributed by atoms with Crippen molar-refractivity contribution in [1.29, 1.82) is 0 Å². The molecule has 0 aromatic carbocycles. The number of aryl methyl sites for hydroxylation is 1. The smallest absolute Gasteiger partial charge is 0.139 e. The zero-order valence-corrected chi connectivity index (χ0v) is 12.7. The number of hydrogen-bond donors (Lipinski definition) is 1. The Balaban J connectivity index is 1.55. The number of nitrogens with zero attached hydrogens (tertiary/aromatic N) is 3. The molecule has 21 heavy (non-hydrogen) atoms. The molecule has 0 radical (unpaired) electrons. The lowest BCUT2D eigenvalue weighted by atomic mass is 9.49. The Morgan fingerprint density at radius 1 is 1.05 bits per heavy atom. The van der Waals surface area contributed by atoms with Gasteiger partial charge in [-0.3, -0.25) is 0 Å². The van der Waals surface area contributed by atoms with E-state index in [-0.39, 0.29) is 0 Å². The van der Waals surface area contributed by atoms with Gasteiger partial charge in [0.2, 0.25) is 0 Å². The summed E-state index contributed by atoms with van der Waals surface area (Å²) < 4.78 is 2.40. The van der Waals surface area contributed by atoms with E-state index in [9.17, 15) is 5.11 Å². The molecular formula is C17H25N3O. The number of hydrogen-bond acceptors (Lipinski definition) is 3. The highest BCUT2D eigenvalue weighted by molar-refractivity contribution is 5.19. The van der Waals surface area contributed by atoms with E-state index in [2.05, 4.69) is 14.8 Å². The van der Waals surface area contributed by atoms with Crippen molar-refractivity contribution in [3.63, 3.8) is 0 Å². The maximum atomic E-state index is 9.52. The number of aromatic nitrogens is 3. The molecule has 1 unspecified atom stereocenters. The summed E-state index contributed by atoms with van der Waals surface area (Å²) in [6, 6.07) is 0. The van der Waals surface area contributed by atoms with Crippen molar-refractivity contribution in [3.8, 4) is 0 Å². The van der Waals surface area contributed by atoms with Crippen molar-refractivity contribution in [1.82, 2.24) is 14.8 Å². The molecule has 1 atom stereocenters. The molecule has 4 aliphatic carbocycles. The summed E-state index contributed by atoms with van der Waals surface area (Å²) >= 11 is 0. The molecule has 1 N–H and O–H groups in total. The van der Waals surface area contributed by atoms with Gasteiger partial charge in [0.05, 0.1) is 0 Å². The summed E-state index contributed by atoms with van der Waals surface area (Å²) in [6.45, 7) is 1.24. The lowest BCUT2D eigenvalue weighted by molar-refractivity contribution is -0.0120. The van der Waals surface area contributed by atoms with Crippen LogP contribution in [0.4, 0.5) is 0 Å². The maximum absolute atomic E-state index is 9.52. The number of aliphatic hydroxyl groups is 1. The SMILES string of the molecule is OCC1CCc2nnc(C34CC5CC(CC(C5)C3)C4)n2C1. The minimum absolute atomic E-state index is 0.304. The van der Waals surface area contributed by atoms with Gasteiger partial charge >= 0.3 is 0 Å². The lowest BCUT2D eigenvalue weighted by Crippen LogP contribution is -2.50. The highest BCUT2D eigenvalue weighted by Gasteiger charge is 2.54. The van der Waals surface area contributed by atoms with Gasteiger partial charge in [-0.2, -0.15) is 0 Å². The van der Waals surface area contributed by atoms with Gasteiger partial charge in [-0.25, -0.2) is 0 Å². The molecule has 2 heterocycles. The van der Waals surface area contributed by atoms with Gasteiger partial charge in [0, 0.05) is 30.9 Å². The summed E-state index contributed by atoms with van der Waals surface area (Å²) in [4.78, 5) is 0. The van der Waals surface area contributed by atoms with Gasteiger partial charge in [0.1, 0.15) is 11.6 Å². The Hall–Kier alpha value is -0.900. The molecule has 114 valence electrons. The van der Waals surface area contributed by atoms with Crippen LogP contribution in [-0.4, -0.2) is 26.5 Å². The van der Waals surface area contributed by atoms with Crippen LogP contribution >= 0.6 is 0 Å². The van der Waals surface area contributed by atoms with Crippen LogP contribution in [0.2, 0.25) is 0 Å². The number of aliphatic hydroxyl groups excluding tert-OH is 1. The third-order valence-electron chi connectivity index (χ3n) is 6.82. The first-order valence-electron chi connectivity index (χ1n) is 8.79. The summed E-state index contributed by atoms with van der Waals surface area (Å²) in [6.07, 6.45) is 10.5. The fraction of sp³-hybridized carbons (Fsp3) is 0.882. The molecule has 4 saturated carbocycles. The fourth-order valence-electron chi connectivity index (χ4n) is 6.32. The molecular weight excluding hydrogens is 262 g/mol. The van der Waals surface area contributed by atoms with Crippen molar-refractivity contribution >= 4 is 0 Å². The third-order valence-corrected chi connectivity index (χ3v) is 6.82. The van der Waals surface area contributed by atoms with Crippen LogP contribution < -0.4 is 0 Å². The average Bonchev–Trinajstić information content (AvgIpc) is 2.89. The van der Waals surface area contributed by atoms with Gasteiger partial charge in [-0.1, -0.05) is 0 Å². The quantitative estimate of drug-likeness (QED) is 0.908. The molecule has 4 nitrogen and oxygen atoms in total. The lowest BCUT2D eigenvalue weighted by Gasteiger charge is -2.56. The normalized spacial score (nSPS) is 44.0. The molecule has 5 aliphatic rings. The van der Waals surface area contributed by atoms with Crippen LogP contribution in [0.25, 0.3) is 0 Å². The number of rotatable bonds is 2. The summed E-state index contributed by atoms with van der Waals surface area (Å²) in [5, 5.41) is 18.7.